The summed E-state index contributed by atoms with van der Waals surface area (Å²) in [6, 6.07) is 8.63. The lowest BCUT2D eigenvalue weighted by atomic mass is 10.1. The molecule has 0 saturated heterocycles. The van der Waals surface area contributed by atoms with Gasteiger partial charge in [0.05, 0.1) is 6.54 Å². The average Bonchev–Trinajstić information content (AvgIpc) is 3.25. The minimum Gasteiger partial charge on any atom is -0.288 e. The minimum absolute atomic E-state index is 0.0361. The molecule has 4 rings (SSSR count). The van der Waals surface area contributed by atoms with E-state index in [1.54, 1.807) is 0 Å². The van der Waals surface area contributed by atoms with E-state index in [1.807, 2.05) is 31.2 Å². The number of nitrogens with zero attached hydrogens (tertiary/aromatic N) is 6. The van der Waals surface area contributed by atoms with Crippen LogP contribution in [-0.2, 0) is 12.7 Å². The third kappa shape index (κ3) is 4.22. The molecule has 31 heavy (non-hydrogen) atoms. The van der Waals surface area contributed by atoms with Crippen LogP contribution in [0.2, 0.25) is 5.02 Å². The zero-order chi connectivity index (χ0) is 22.3. The maximum absolute atomic E-state index is 13.3. The molecule has 0 fully saturated rings. The molecule has 0 unspecified atom stereocenters. The van der Waals surface area contributed by atoms with Gasteiger partial charge in [-0.3, -0.25) is 10.1 Å². The Morgan fingerprint density at radius 2 is 1.97 bits per heavy atom. The van der Waals surface area contributed by atoms with Crippen molar-refractivity contribution in [1.29, 1.82) is 0 Å². The molecular weight excluding hydrogens is 435 g/mol. The van der Waals surface area contributed by atoms with Crippen molar-refractivity contribution >= 4 is 29.1 Å². The van der Waals surface area contributed by atoms with Crippen LogP contribution >= 0.6 is 11.6 Å². The molecule has 1 N–H and O–H groups in total. The van der Waals surface area contributed by atoms with Crippen LogP contribution in [0.4, 0.5) is 19.1 Å². The van der Waals surface area contributed by atoms with Crippen molar-refractivity contribution in [2.45, 2.75) is 26.6 Å². The molecule has 0 saturated carbocycles. The molecule has 4 aromatic rings. The first-order valence-electron chi connectivity index (χ1n) is 9.01. The van der Waals surface area contributed by atoms with Crippen LogP contribution in [0.3, 0.4) is 0 Å². The molecule has 0 spiro atoms. The summed E-state index contributed by atoms with van der Waals surface area (Å²) in [5.74, 6) is -0.888. The van der Waals surface area contributed by atoms with Crippen LogP contribution in [0, 0.1) is 13.8 Å². The lowest BCUT2D eigenvalue weighted by Gasteiger charge is -2.09. The van der Waals surface area contributed by atoms with Crippen LogP contribution in [0.5, 0.6) is 0 Å². The van der Waals surface area contributed by atoms with Gasteiger partial charge in [-0.25, -0.2) is 19.2 Å². The van der Waals surface area contributed by atoms with Gasteiger partial charge < -0.3 is 0 Å². The summed E-state index contributed by atoms with van der Waals surface area (Å²) in [7, 11) is 0. The van der Waals surface area contributed by atoms with Gasteiger partial charge in [0.2, 0.25) is 5.95 Å². The summed E-state index contributed by atoms with van der Waals surface area (Å²) in [4.78, 5) is 20.6. The number of fused-ring (bicyclic) bond motifs is 1. The normalized spacial score (nSPS) is 11.8. The average molecular weight is 450 g/mol. The van der Waals surface area contributed by atoms with Crippen molar-refractivity contribution in [2.24, 2.45) is 0 Å². The van der Waals surface area contributed by atoms with Crippen molar-refractivity contribution in [1.82, 2.24) is 29.4 Å². The predicted molar refractivity (Wildman–Crippen MR) is 106 cm³/mol. The fraction of sp³-hybridized carbons (Fsp3) is 0.211. The first-order valence-corrected chi connectivity index (χ1v) is 9.39. The molecule has 160 valence electrons. The maximum atomic E-state index is 13.3. The van der Waals surface area contributed by atoms with Crippen LogP contribution in [0.1, 0.15) is 33.0 Å². The zero-order valence-corrected chi connectivity index (χ0v) is 17.0. The summed E-state index contributed by atoms with van der Waals surface area (Å²) in [6.07, 6.45) is -3.28. The summed E-state index contributed by atoms with van der Waals surface area (Å²) in [5, 5.41) is 9.98. The van der Waals surface area contributed by atoms with E-state index in [2.05, 4.69) is 25.5 Å². The smallest absolute Gasteiger partial charge is 0.288 e. The Morgan fingerprint density at radius 1 is 1.19 bits per heavy atom. The number of hydrogen-bond acceptors (Lipinski definition) is 5. The van der Waals surface area contributed by atoms with E-state index in [-0.39, 0.29) is 22.3 Å². The van der Waals surface area contributed by atoms with Crippen molar-refractivity contribution in [2.75, 3.05) is 5.32 Å². The Labute approximate surface area is 178 Å². The van der Waals surface area contributed by atoms with Gasteiger partial charge in [-0.15, -0.1) is 5.10 Å². The van der Waals surface area contributed by atoms with E-state index in [9.17, 15) is 18.0 Å². The highest BCUT2D eigenvalue weighted by molar-refractivity contribution is 6.37. The number of halogens is 4. The number of rotatable bonds is 4. The highest BCUT2D eigenvalue weighted by Gasteiger charge is 2.36. The number of benzene rings is 1. The van der Waals surface area contributed by atoms with E-state index in [0.717, 1.165) is 17.2 Å². The Morgan fingerprint density at radius 3 is 2.68 bits per heavy atom. The van der Waals surface area contributed by atoms with Gasteiger partial charge in [0.1, 0.15) is 17.0 Å². The number of hydrogen-bond donors (Lipinski definition) is 1. The van der Waals surface area contributed by atoms with E-state index < -0.39 is 23.5 Å². The molecule has 0 atom stereocenters. The molecule has 0 aliphatic rings. The highest BCUT2D eigenvalue weighted by Crippen LogP contribution is 2.32. The summed E-state index contributed by atoms with van der Waals surface area (Å²) in [5.41, 5.74) is 0.404. The molecule has 8 nitrogen and oxygen atoms in total. The molecule has 1 aromatic carbocycles. The number of anilines is 1. The molecule has 0 bridgehead atoms. The number of carbonyl (C=O) groups excluding carboxylic acids is 1. The maximum Gasteiger partial charge on any atom is 0.433 e. The number of amides is 1. The number of aromatic nitrogens is 6. The number of aryl methyl sites for hydroxylation is 2. The second kappa shape index (κ2) is 7.65. The van der Waals surface area contributed by atoms with Crippen LogP contribution < -0.4 is 5.32 Å². The van der Waals surface area contributed by atoms with Gasteiger partial charge in [0.25, 0.3) is 5.91 Å². The Bertz CT molecular complexity index is 1300. The molecule has 3 heterocycles. The number of carbonyl (C=O) groups is 1. The lowest BCUT2D eigenvalue weighted by Crippen LogP contribution is -2.16. The second-order valence-corrected chi connectivity index (χ2v) is 7.27. The lowest BCUT2D eigenvalue weighted by molar-refractivity contribution is -0.142. The van der Waals surface area contributed by atoms with E-state index in [0.29, 0.717) is 11.1 Å². The standard InChI is InChI=1S/C19H15ClF3N7O/c1-10-4-3-5-12(6-10)8-29-9-24-18(28-29)26-17(31)15-14(20)16-25-11(2)7-13(19(21,22)23)30(16)27-15/h3-7,9H,8H2,1-2H3,(H,26,28,31). The highest BCUT2D eigenvalue weighted by atomic mass is 35.5. The Balaban J connectivity index is 1.59. The predicted octanol–water partition coefficient (Wildman–Crippen LogP) is 3.91. The largest absolute Gasteiger partial charge is 0.433 e. The van der Waals surface area contributed by atoms with Gasteiger partial charge in [-0.2, -0.15) is 18.3 Å². The first-order chi connectivity index (χ1) is 14.6. The molecular formula is C19H15ClF3N7O. The zero-order valence-electron chi connectivity index (χ0n) is 16.3. The SMILES string of the molecule is Cc1cccc(Cn2cnc(NC(=O)c3nn4c(C(F)(F)F)cc(C)nc4c3Cl)n2)c1. The summed E-state index contributed by atoms with van der Waals surface area (Å²) >= 11 is 6.12. The van der Waals surface area contributed by atoms with Gasteiger partial charge in [-0.1, -0.05) is 41.4 Å². The second-order valence-electron chi connectivity index (χ2n) is 6.89. The van der Waals surface area contributed by atoms with Gasteiger partial charge in [-0.05, 0) is 25.5 Å². The monoisotopic (exact) mass is 449 g/mol. The van der Waals surface area contributed by atoms with Gasteiger partial charge in [0.15, 0.2) is 11.3 Å². The van der Waals surface area contributed by atoms with E-state index >= 15 is 0 Å². The Hall–Kier alpha value is -3.47. The molecule has 0 aliphatic heterocycles. The number of alkyl halides is 3. The first kappa shape index (κ1) is 20.8. The molecule has 0 radical (unpaired) electrons. The molecule has 3 aromatic heterocycles. The molecule has 12 heteroatoms. The van der Waals surface area contributed by atoms with Crippen LogP contribution in [-0.4, -0.2) is 35.3 Å². The quantitative estimate of drug-likeness (QED) is 0.510. The fourth-order valence-corrected chi connectivity index (χ4v) is 3.29. The third-order valence-electron chi connectivity index (χ3n) is 4.36. The minimum atomic E-state index is -4.70. The van der Waals surface area contributed by atoms with Crippen molar-refractivity contribution < 1.29 is 18.0 Å². The molecule has 0 aliphatic carbocycles. The van der Waals surface area contributed by atoms with Crippen molar-refractivity contribution in [3.63, 3.8) is 0 Å². The van der Waals surface area contributed by atoms with Crippen molar-refractivity contribution in [3.05, 3.63) is 69.9 Å². The topological polar surface area (TPSA) is 90.0 Å². The third-order valence-corrected chi connectivity index (χ3v) is 4.70. The Kier molecular flexibility index (Phi) is 5.13. The van der Waals surface area contributed by atoms with E-state index in [4.69, 9.17) is 11.6 Å². The molecule has 1 amide bonds. The van der Waals surface area contributed by atoms with Crippen LogP contribution in [0.25, 0.3) is 5.65 Å². The summed E-state index contributed by atoms with van der Waals surface area (Å²) in [6.45, 7) is 3.79. The van der Waals surface area contributed by atoms with Crippen molar-refractivity contribution in [3.8, 4) is 0 Å². The number of nitrogens with one attached hydrogen (secondary N) is 1. The summed E-state index contributed by atoms with van der Waals surface area (Å²) < 4.78 is 42.0. The van der Waals surface area contributed by atoms with Crippen LogP contribution in [0.15, 0.2) is 36.7 Å². The van der Waals surface area contributed by atoms with E-state index in [1.165, 1.54) is 17.9 Å². The van der Waals surface area contributed by atoms with Gasteiger partial charge in [0, 0.05) is 5.69 Å². The van der Waals surface area contributed by atoms with Gasteiger partial charge >= 0.3 is 6.18 Å². The fourth-order valence-electron chi connectivity index (χ4n) is 3.05.